The first-order valence-corrected chi connectivity index (χ1v) is 7.79. The highest BCUT2D eigenvalue weighted by molar-refractivity contribution is 5.29. The molecule has 0 aliphatic rings. The Hall–Kier alpha value is -1.80. The molecule has 0 aromatic heterocycles. The molecule has 0 radical (unpaired) electrons. The highest BCUT2D eigenvalue weighted by atomic mass is 16.5. The predicted molar refractivity (Wildman–Crippen MR) is 88.7 cm³/mol. The van der Waals surface area contributed by atoms with Crippen LogP contribution in [-0.2, 0) is 12.8 Å². The molecule has 1 atom stereocenters. The van der Waals surface area contributed by atoms with Crippen molar-refractivity contribution < 1.29 is 4.74 Å². The Bertz CT molecular complexity index is 548. The lowest BCUT2D eigenvalue weighted by Gasteiger charge is -2.14. The first-order valence-electron chi connectivity index (χ1n) is 7.79. The molecule has 0 bridgehead atoms. The topological polar surface area (TPSA) is 35.2 Å². The van der Waals surface area contributed by atoms with Gasteiger partial charge in [-0.05, 0) is 41.7 Å². The molecule has 0 saturated heterocycles. The van der Waals surface area contributed by atoms with E-state index in [0.29, 0.717) is 6.61 Å². The van der Waals surface area contributed by atoms with Crippen molar-refractivity contribution in [2.24, 2.45) is 5.73 Å². The van der Waals surface area contributed by atoms with E-state index in [1.165, 1.54) is 17.5 Å². The van der Waals surface area contributed by atoms with Gasteiger partial charge in [-0.1, -0.05) is 56.7 Å². The fraction of sp³-hybridized carbons (Fsp3) is 0.368. The molecule has 0 saturated carbocycles. The van der Waals surface area contributed by atoms with Crippen molar-refractivity contribution in [2.45, 2.75) is 39.2 Å². The van der Waals surface area contributed by atoms with E-state index in [1.54, 1.807) is 0 Å². The van der Waals surface area contributed by atoms with Crippen LogP contribution in [0.2, 0.25) is 0 Å². The summed E-state index contributed by atoms with van der Waals surface area (Å²) in [4.78, 5) is 0. The largest absolute Gasteiger partial charge is 0.492 e. The summed E-state index contributed by atoms with van der Waals surface area (Å²) in [5.41, 5.74) is 9.99. The van der Waals surface area contributed by atoms with Gasteiger partial charge in [0.15, 0.2) is 0 Å². The van der Waals surface area contributed by atoms with E-state index in [1.807, 2.05) is 12.1 Å². The zero-order valence-corrected chi connectivity index (χ0v) is 13.0. The smallest absolute Gasteiger partial charge is 0.119 e. The van der Waals surface area contributed by atoms with Crippen molar-refractivity contribution >= 4 is 0 Å². The molecule has 0 heterocycles. The summed E-state index contributed by atoms with van der Waals surface area (Å²) >= 11 is 0. The zero-order valence-electron chi connectivity index (χ0n) is 13.0. The summed E-state index contributed by atoms with van der Waals surface area (Å²) in [6.45, 7) is 4.83. The minimum absolute atomic E-state index is 0.0917. The number of benzene rings is 2. The van der Waals surface area contributed by atoms with Crippen LogP contribution in [-0.4, -0.2) is 6.61 Å². The third kappa shape index (κ3) is 4.61. The van der Waals surface area contributed by atoms with E-state index >= 15 is 0 Å². The van der Waals surface area contributed by atoms with E-state index in [9.17, 15) is 0 Å². The molecule has 2 heteroatoms. The summed E-state index contributed by atoms with van der Waals surface area (Å²) in [5.74, 6) is 0.896. The molecule has 21 heavy (non-hydrogen) atoms. The van der Waals surface area contributed by atoms with Gasteiger partial charge in [0.25, 0.3) is 0 Å². The number of hydrogen-bond acceptors (Lipinski definition) is 2. The maximum Gasteiger partial charge on any atom is 0.119 e. The fourth-order valence-electron chi connectivity index (χ4n) is 2.36. The van der Waals surface area contributed by atoms with Gasteiger partial charge in [0.2, 0.25) is 0 Å². The quantitative estimate of drug-likeness (QED) is 0.823. The third-order valence-electron chi connectivity index (χ3n) is 3.68. The van der Waals surface area contributed by atoms with Crippen LogP contribution in [0.5, 0.6) is 5.75 Å². The lowest BCUT2D eigenvalue weighted by molar-refractivity contribution is 0.290. The zero-order chi connectivity index (χ0) is 15.1. The van der Waals surface area contributed by atoms with Crippen LogP contribution in [0.15, 0.2) is 48.5 Å². The maximum absolute atomic E-state index is 6.21. The highest BCUT2D eigenvalue weighted by Gasteiger charge is 2.07. The molecule has 0 aliphatic heterocycles. The second-order valence-corrected chi connectivity index (χ2v) is 5.41. The number of aryl methyl sites for hydroxylation is 2. The van der Waals surface area contributed by atoms with Gasteiger partial charge in [-0.2, -0.15) is 0 Å². The fourth-order valence-corrected chi connectivity index (χ4v) is 2.36. The molecule has 2 N–H and O–H groups in total. The van der Waals surface area contributed by atoms with Crippen LogP contribution in [0, 0.1) is 0 Å². The van der Waals surface area contributed by atoms with Gasteiger partial charge in [0.05, 0.1) is 6.04 Å². The van der Waals surface area contributed by atoms with Crippen LogP contribution in [0.4, 0.5) is 0 Å². The molecule has 2 aromatic rings. The monoisotopic (exact) mass is 283 g/mol. The van der Waals surface area contributed by atoms with Gasteiger partial charge in [0.1, 0.15) is 12.4 Å². The van der Waals surface area contributed by atoms with Gasteiger partial charge in [0, 0.05) is 0 Å². The molecule has 1 unspecified atom stereocenters. The van der Waals surface area contributed by atoms with Crippen LogP contribution >= 0.6 is 0 Å². The lowest BCUT2D eigenvalue weighted by atomic mass is 10.0. The summed E-state index contributed by atoms with van der Waals surface area (Å²) in [6, 6.07) is 16.7. The Morgan fingerprint density at radius 2 is 1.76 bits per heavy atom. The summed E-state index contributed by atoms with van der Waals surface area (Å²) < 4.78 is 5.82. The molecule has 0 amide bonds. The Labute approximate surface area is 127 Å². The minimum atomic E-state index is -0.0917. The standard InChI is InChI=1S/C19H25NO/c1-3-6-16-9-11-17(12-10-16)19(20)14-21-18-8-5-7-15(4-2)13-18/h5,7-13,19H,3-4,6,14,20H2,1-2H3. The molecular weight excluding hydrogens is 258 g/mol. The van der Waals surface area contributed by atoms with Crippen LogP contribution in [0.25, 0.3) is 0 Å². The normalized spacial score (nSPS) is 12.1. The molecule has 112 valence electrons. The van der Waals surface area contributed by atoms with E-state index in [4.69, 9.17) is 10.5 Å². The van der Waals surface area contributed by atoms with Crippen molar-refractivity contribution in [1.29, 1.82) is 0 Å². The third-order valence-corrected chi connectivity index (χ3v) is 3.68. The molecule has 0 spiro atoms. The van der Waals surface area contributed by atoms with Crippen molar-refractivity contribution in [1.82, 2.24) is 0 Å². The number of ether oxygens (including phenoxy) is 1. The maximum atomic E-state index is 6.21. The van der Waals surface area contributed by atoms with Crippen molar-refractivity contribution in [3.8, 4) is 5.75 Å². The van der Waals surface area contributed by atoms with E-state index < -0.39 is 0 Å². The molecule has 2 aromatic carbocycles. The average molecular weight is 283 g/mol. The summed E-state index contributed by atoms with van der Waals surface area (Å²) in [6.07, 6.45) is 3.31. The van der Waals surface area contributed by atoms with Gasteiger partial charge in [-0.15, -0.1) is 0 Å². The first kappa shape index (κ1) is 15.6. The van der Waals surface area contributed by atoms with Gasteiger partial charge < -0.3 is 10.5 Å². The number of hydrogen-bond donors (Lipinski definition) is 1. The Balaban J connectivity index is 1.92. The van der Waals surface area contributed by atoms with Crippen LogP contribution < -0.4 is 10.5 Å². The van der Waals surface area contributed by atoms with Crippen molar-refractivity contribution in [2.75, 3.05) is 6.61 Å². The number of nitrogens with two attached hydrogens (primary N) is 1. The van der Waals surface area contributed by atoms with Crippen LogP contribution in [0.1, 0.15) is 43.0 Å². The van der Waals surface area contributed by atoms with Crippen molar-refractivity contribution in [3.63, 3.8) is 0 Å². The molecule has 2 rings (SSSR count). The van der Waals surface area contributed by atoms with Gasteiger partial charge in [-0.3, -0.25) is 0 Å². The SMILES string of the molecule is CCCc1ccc(C(N)COc2cccc(CC)c2)cc1. The Kier molecular flexibility index (Phi) is 5.82. The highest BCUT2D eigenvalue weighted by Crippen LogP contribution is 2.17. The van der Waals surface area contributed by atoms with Gasteiger partial charge >= 0.3 is 0 Å². The van der Waals surface area contributed by atoms with Crippen LogP contribution in [0.3, 0.4) is 0 Å². The molecular formula is C19H25NO. The molecule has 0 aliphatic carbocycles. The summed E-state index contributed by atoms with van der Waals surface area (Å²) in [5, 5.41) is 0. The molecule has 0 fully saturated rings. The Morgan fingerprint density at radius 1 is 1.00 bits per heavy atom. The summed E-state index contributed by atoms with van der Waals surface area (Å²) in [7, 11) is 0. The van der Waals surface area contributed by atoms with E-state index in [0.717, 1.165) is 24.2 Å². The predicted octanol–water partition coefficient (Wildman–Crippen LogP) is 4.28. The van der Waals surface area contributed by atoms with Crippen molar-refractivity contribution in [3.05, 3.63) is 65.2 Å². The average Bonchev–Trinajstić information content (AvgIpc) is 2.54. The second kappa shape index (κ2) is 7.84. The Morgan fingerprint density at radius 3 is 2.43 bits per heavy atom. The van der Waals surface area contributed by atoms with Gasteiger partial charge in [-0.25, -0.2) is 0 Å². The lowest BCUT2D eigenvalue weighted by Crippen LogP contribution is -2.19. The first-order chi connectivity index (χ1) is 10.2. The van der Waals surface area contributed by atoms with E-state index in [2.05, 4.69) is 50.2 Å². The van der Waals surface area contributed by atoms with E-state index in [-0.39, 0.29) is 6.04 Å². The number of rotatable bonds is 7. The minimum Gasteiger partial charge on any atom is -0.492 e. The molecule has 2 nitrogen and oxygen atoms in total. The second-order valence-electron chi connectivity index (χ2n) is 5.41.